The van der Waals surface area contributed by atoms with Crippen molar-refractivity contribution in [3.63, 3.8) is 0 Å². The van der Waals surface area contributed by atoms with Crippen LogP contribution in [-0.4, -0.2) is 26.2 Å². The molecule has 0 amide bonds. The van der Waals surface area contributed by atoms with Gasteiger partial charge >= 0.3 is 5.97 Å². The number of rotatable bonds is 2. The van der Waals surface area contributed by atoms with E-state index in [2.05, 4.69) is 6.07 Å². The third-order valence-corrected chi connectivity index (χ3v) is 3.77. The van der Waals surface area contributed by atoms with Gasteiger partial charge in [0.15, 0.2) is 0 Å². The van der Waals surface area contributed by atoms with E-state index in [1.807, 2.05) is 11.8 Å². The first-order valence-electron chi connectivity index (χ1n) is 6.09. The highest BCUT2D eigenvalue weighted by Crippen LogP contribution is 2.32. The van der Waals surface area contributed by atoms with Crippen molar-refractivity contribution in [3.8, 4) is 6.07 Å². The monoisotopic (exact) mass is 278 g/mol. The van der Waals surface area contributed by atoms with Crippen LogP contribution in [0.15, 0.2) is 18.2 Å². The molecule has 0 aromatic heterocycles. The molecule has 2 unspecified atom stereocenters. The number of hydrogen-bond acceptors (Lipinski definition) is 4. The largest absolute Gasteiger partial charge is 0.469 e. The molecule has 0 saturated carbocycles. The van der Waals surface area contributed by atoms with Crippen molar-refractivity contribution in [1.82, 2.24) is 0 Å². The Labute approximate surface area is 117 Å². The zero-order valence-electron chi connectivity index (χ0n) is 10.9. The van der Waals surface area contributed by atoms with Gasteiger partial charge in [-0.1, -0.05) is 18.5 Å². The SMILES string of the molecule is COC(=O)C1CN(c2cc(Cl)ccc2C#N)CC1C. The van der Waals surface area contributed by atoms with Crippen molar-refractivity contribution in [2.75, 3.05) is 25.1 Å². The maximum absolute atomic E-state index is 11.7. The van der Waals surface area contributed by atoms with Crippen LogP contribution in [0.4, 0.5) is 5.69 Å². The number of hydrogen-bond donors (Lipinski definition) is 0. The van der Waals surface area contributed by atoms with Gasteiger partial charge in [-0.05, 0) is 24.1 Å². The van der Waals surface area contributed by atoms with Crippen LogP contribution in [0.25, 0.3) is 0 Å². The van der Waals surface area contributed by atoms with Crippen LogP contribution < -0.4 is 4.90 Å². The minimum atomic E-state index is -0.199. The van der Waals surface area contributed by atoms with Crippen LogP contribution in [0, 0.1) is 23.2 Å². The van der Waals surface area contributed by atoms with E-state index >= 15 is 0 Å². The molecule has 19 heavy (non-hydrogen) atoms. The first-order chi connectivity index (χ1) is 9.06. The number of methoxy groups -OCH3 is 1. The summed E-state index contributed by atoms with van der Waals surface area (Å²) in [4.78, 5) is 13.7. The van der Waals surface area contributed by atoms with Crippen LogP contribution in [-0.2, 0) is 9.53 Å². The molecule has 4 nitrogen and oxygen atoms in total. The Balaban J connectivity index is 2.28. The summed E-state index contributed by atoms with van der Waals surface area (Å²) in [5, 5.41) is 9.73. The Bertz CT molecular complexity index is 539. The van der Waals surface area contributed by atoms with Crippen molar-refractivity contribution < 1.29 is 9.53 Å². The van der Waals surface area contributed by atoms with E-state index in [9.17, 15) is 4.79 Å². The van der Waals surface area contributed by atoms with Gasteiger partial charge in [0.1, 0.15) is 6.07 Å². The highest BCUT2D eigenvalue weighted by Gasteiger charge is 2.36. The fraction of sp³-hybridized carbons (Fsp3) is 0.429. The molecular formula is C14H15ClN2O2. The van der Waals surface area contributed by atoms with E-state index < -0.39 is 0 Å². The molecule has 1 fully saturated rings. The van der Waals surface area contributed by atoms with Crippen molar-refractivity contribution in [3.05, 3.63) is 28.8 Å². The zero-order valence-corrected chi connectivity index (χ0v) is 11.6. The van der Waals surface area contributed by atoms with Crippen molar-refractivity contribution in [1.29, 1.82) is 5.26 Å². The van der Waals surface area contributed by atoms with E-state index in [4.69, 9.17) is 21.6 Å². The van der Waals surface area contributed by atoms with Gasteiger partial charge in [-0.2, -0.15) is 5.26 Å². The lowest BCUT2D eigenvalue weighted by molar-refractivity contribution is -0.145. The summed E-state index contributed by atoms with van der Waals surface area (Å²) in [6.07, 6.45) is 0. The second-order valence-corrected chi connectivity index (χ2v) is 5.22. The van der Waals surface area contributed by atoms with Crippen LogP contribution >= 0.6 is 11.6 Å². The molecule has 0 radical (unpaired) electrons. The van der Waals surface area contributed by atoms with E-state index in [1.54, 1.807) is 18.2 Å². The lowest BCUT2D eigenvalue weighted by atomic mass is 9.99. The summed E-state index contributed by atoms with van der Waals surface area (Å²) in [6, 6.07) is 7.32. The molecule has 1 heterocycles. The summed E-state index contributed by atoms with van der Waals surface area (Å²) in [6.45, 7) is 3.29. The van der Waals surface area contributed by atoms with Crippen molar-refractivity contribution >= 4 is 23.3 Å². The molecule has 0 aliphatic carbocycles. The fourth-order valence-corrected chi connectivity index (χ4v) is 2.65. The normalized spacial score (nSPS) is 22.1. The third kappa shape index (κ3) is 2.66. The van der Waals surface area contributed by atoms with Gasteiger partial charge in [0.05, 0.1) is 24.3 Å². The highest BCUT2D eigenvalue weighted by atomic mass is 35.5. The molecule has 2 rings (SSSR count). The quantitative estimate of drug-likeness (QED) is 0.780. The predicted octanol–water partition coefficient (Wildman–Crippen LogP) is 2.46. The van der Waals surface area contributed by atoms with Crippen molar-refractivity contribution in [2.45, 2.75) is 6.92 Å². The molecule has 1 saturated heterocycles. The second kappa shape index (κ2) is 5.50. The number of anilines is 1. The number of esters is 1. The van der Waals surface area contributed by atoms with Crippen LogP contribution in [0.2, 0.25) is 5.02 Å². The fourth-order valence-electron chi connectivity index (χ4n) is 2.48. The predicted molar refractivity (Wildman–Crippen MR) is 73.1 cm³/mol. The molecule has 0 bridgehead atoms. The van der Waals surface area contributed by atoms with Gasteiger partial charge in [-0.15, -0.1) is 0 Å². The second-order valence-electron chi connectivity index (χ2n) is 4.79. The van der Waals surface area contributed by atoms with Gasteiger partial charge in [-0.25, -0.2) is 0 Å². The Kier molecular flexibility index (Phi) is 3.96. The average molecular weight is 279 g/mol. The smallest absolute Gasteiger partial charge is 0.310 e. The number of carbonyl (C=O) groups is 1. The number of nitriles is 1. The molecule has 1 aromatic carbocycles. The summed E-state index contributed by atoms with van der Waals surface area (Å²) in [7, 11) is 1.40. The third-order valence-electron chi connectivity index (χ3n) is 3.54. The Hall–Kier alpha value is -1.73. The van der Waals surface area contributed by atoms with Crippen molar-refractivity contribution in [2.24, 2.45) is 11.8 Å². The molecule has 0 N–H and O–H groups in total. The summed E-state index contributed by atoms with van der Waals surface area (Å²) < 4.78 is 4.81. The highest BCUT2D eigenvalue weighted by molar-refractivity contribution is 6.30. The van der Waals surface area contributed by atoms with Gasteiger partial charge < -0.3 is 9.64 Å². The molecule has 1 aliphatic heterocycles. The Morgan fingerprint density at radius 3 is 2.89 bits per heavy atom. The minimum absolute atomic E-state index is 0.157. The lowest BCUT2D eigenvalue weighted by Crippen LogP contribution is -2.24. The standard InChI is InChI=1S/C14H15ClN2O2/c1-9-7-17(8-12(9)14(18)19-2)13-5-11(15)4-3-10(13)6-16/h3-5,9,12H,7-8H2,1-2H3. The van der Waals surface area contributed by atoms with Crippen LogP contribution in [0.1, 0.15) is 12.5 Å². The summed E-state index contributed by atoms with van der Waals surface area (Å²) >= 11 is 5.99. The lowest BCUT2D eigenvalue weighted by Gasteiger charge is -2.19. The molecule has 100 valence electrons. The average Bonchev–Trinajstić information content (AvgIpc) is 2.79. The first-order valence-corrected chi connectivity index (χ1v) is 6.47. The Morgan fingerprint density at radius 2 is 2.26 bits per heavy atom. The first kappa shape index (κ1) is 13.7. The van der Waals surface area contributed by atoms with Gasteiger partial charge in [0.2, 0.25) is 0 Å². The van der Waals surface area contributed by atoms with E-state index in [0.717, 1.165) is 12.2 Å². The maximum Gasteiger partial charge on any atom is 0.310 e. The molecular weight excluding hydrogens is 264 g/mol. The number of ether oxygens (including phenoxy) is 1. The number of benzene rings is 1. The molecule has 1 aliphatic rings. The molecule has 1 aromatic rings. The molecule has 2 atom stereocenters. The van der Waals surface area contributed by atoms with Crippen LogP contribution in [0.5, 0.6) is 0 Å². The number of carbonyl (C=O) groups excluding carboxylic acids is 1. The maximum atomic E-state index is 11.7. The zero-order chi connectivity index (χ0) is 14.0. The minimum Gasteiger partial charge on any atom is -0.469 e. The Morgan fingerprint density at radius 1 is 1.53 bits per heavy atom. The van der Waals surface area contributed by atoms with E-state index in [-0.39, 0.29) is 17.8 Å². The van der Waals surface area contributed by atoms with Gasteiger partial charge in [0, 0.05) is 18.1 Å². The molecule has 0 spiro atoms. The van der Waals surface area contributed by atoms with Gasteiger partial charge in [-0.3, -0.25) is 4.79 Å². The van der Waals surface area contributed by atoms with E-state index in [0.29, 0.717) is 17.1 Å². The topological polar surface area (TPSA) is 53.3 Å². The van der Waals surface area contributed by atoms with Gasteiger partial charge in [0.25, 0.3) is 0 Å². The summed E-state index contributed by atoms with van der Waals surface area (Å²) in [5.41, 5.74) is 1.36. The van der Waals surface area contributed by atoms with Crippen LogP contribution in [0.3, 0.4) is 0 Å². The number of nitrogens with zero attached hydrogens (tertiary/aromatic N) is 2. The summed E-state index contributed by atoms with van der Waals surface area (Å²) in [5.74, 6) is -0.163. The van der Waals surface area contributed by atoms with E-state index in [1.165, 1.54) is 7.11 Å². The molecule has 5 heteroatoms. The number of halogens is 1.